The van der Waals surface area contributed by atoms with E-state index in [1.165, 1.54) is 19.3 Å². The highest BCUT2D eigenvalue weighted by Crippen LogP contribution is 2.33. The number of benzene rings is 1. The molecular formula is C24H35ClN4O3. The Morgan fingerprint density at radius 1 is 1.00 bits per heavy atom. The number of hydrogen-bond acceptors (Lipinski definition) is 5. The third kappa shape index (κ3) is 5.81. The minimum atomic E-state index is 0.00125. The Labute approximate surface area is 196 Å². The number of rotatable bonds is 6. The number of nitrogens with one attached hydrogen (secondary N) is 1. The Morgan fingerprint density at radius 3 is 2.41 bits per heavy atom. The maximum absolute atomic E-state index is 12.8. The minimum Gasteiger partial charge on any atom is -0.379 e. The summed E-state index contributed by atoms with van der Waals surface area (Å²) < 4.78 is 5.55. The van der Waals surface area contributed by atoms with Crippen LogP contribution in [0.25, 0.3) is 0 Å². The molecule has 0 radical (unpaired) electrons. The zero-order valence-corrected chi connectivity index (χ0v) is 19.6. The number of hydrogen-bond donors (Lipinski definition) is 1. The quantitative estimate of drug-likeness (QED) is 0.702. The van der Waals surface area contributed by atoms with Crippen molar-refractivity contribution in [3.63, 3.8) is 0 Å². The molecule has 2 saturated heterocycles. The minimum absolute atomic E-state index is 0.00125. The van der Waals surface area contributed by atoms with E-state index in [1.807, 2.05) is 4.90 Å². The molecule has 2 amide bonds. The predicted octanol–water partition coefficient (Wildman–Crippen LogP) is 2.25. The molecule has 1 saturated carbocycles. The van der Waals surface area contributed by atoms with Gasteiger partial charge in [0.1, 0.15) is 0 Å². The number of piperazine rings is 1. The highest BCUT2D eigenvalue weighted by Gasteiger charge is 2.39. The number of amides is 2. The molecule has 3 aliphatic rings. The molecule has 176 valence electrons. The van der Waals surface area contributed by atoms with Crippen LogP contribution in [0.4, 0.5) is 0 Å². The van der Waals surface area contributed by atoms with Gasteiger partial charge >= 0.3 is 0 Å². The zero-order valence-electron chi connectivity index (χ0n) is 18.9. The maximum Gasteiger partial charge on any atom is 0.253 e. The summed E-state index contributed by atoms with van der Waals surface area (Å²) in [5, 5.41) is 3.81. The SMILES string of the molecule is O=C(CN1CCN(C(=O)c2cccc(Cl)c2)CC1)NCC1(N2CCOCC2)CCCCC1. The van der Waals surface area contributed by atoms with Crippen molar-refractivity contribution in [1.82, 2.24) is 20.0 Å². The van der Waals surface area contributed by atoms with Crippen LogP contribution in [0.1, 0.15) is 42.5 Å². The standard InChI is InChI=1S/C24H35ClN4O3/c25-21-6-4-5-20(17-21)23(31)28-11-9-27(10-12-28)18-22(30)26-19-24(7-2-1-3-8-24)29-13-15-32-16-14-29/h4-6,17H,1-3,7-16,18-19H2,(H,26,30). The summed E-state index contributed by atoms with van der Waals surface area (Å²) in [6.07, 6.45) is 6.05. The van der Waals surface area contributed by atoms with E-state index >= 15 is 0 Å². The van der Waals surface area contributed by atoms with E-state index in [4.69, 9.17) is 16.3 Å². The lowest BCUT2D eigenvalue weighted by molar-refractivity contribution is -0.123. The first kappa shape index (κ1) is 23.5. The molecule has 0 atom stereocenters. The molecule has 1 N–H and O–H groups in total. The van der Waals surface area contributed by atoms with Gasteiger partial charge in [-0.3, -0.25) is 19.4 Å². The molecule has 2 aliphatic heterocycles. The monoisotopic (exact) mass is 462 g/mol. The summed E-state index contributed by atoms with van der Waals surface area (Å²) in [6.45, 7) is 7.24. The second kappa shape index (κ2) is 11.0. The molecule has 0 aromatic heterocycles. The second-order valence-electron chi connectivity index (χ2n) is 9.24. The highest BCUT2D eigenvalue weighted by molar-refractivity contribution is 6.30. The van der Waals surface area contributed by atoms with Crippen molar-refractivity contribution in [3.05, 3.63) is 34.9 Å². The summed E-state index contributed by atoms with van der Waals surface area (Å²) in [5.41, 5.74) is 0.698. The summed E-state index contributed by atoms with van der Waals surface area (Å²) in [6, 6.07) is 7.07. The van der Waals surface area contributed by atoms with Crippen LogP contribution in [0.2, 0.25) is 5.02 Å². The number of halogens is 1. The molecule has 1 aliphatic carbocycles. The van der Waals surface area contributed by atoms with Crippen LogP contribution in [0.15, 0.2) is 24.3 Å². The van der Waals surface area contributed by atoms with Crippen LogP contribution < -0.4 is 5.32 Å². The fourth-order valence-corrected chi connectivity index (χ4v) is 5.48. The van der Waals surface area contributed by atoms with Crippen LogP contribution in [0, 0.1) is 0 Å². The third-order valence-electron chi connectivity index (χ3n) is 7.18. The first-order valence-corrected chi connectivity index (χ1v) is 12.3. The predicted molar refractivity (Wildman–Crippen MR) is 125 cm³/mol. The van der Waals surface area contributed by atoms with Gasteiger partial charge in [-0.2, -0.15) is 0 Å². The Bertz CT molecular complexity index is 785. The van der Waals surface area contributed by atoms with E-state index in [-0.39, 0.29) is 17.4 Å². The van der Waals surface area contributed by atoms with E-state index < -0.39 is 0 Å². The van der Waals surface area contributed by atoms with Crippen molar-refractivity contribution in [2.45, 2.75) is 37.6 Å². The maximum atomic E-state index is 12.8. The summed E-state index contributed by atoms with van der Waals surface area (Å²) in [4.78, 5) is 32.0. The molecule has 0 bridgehead atoms. The van der Waals surface area contributed by atoms with Gasteiger partial charge in [0.2, 0.25) is 5.91 Å². The molecular weight excluding hydrogens is 428 g/mol. The number of ether oxygens (including phenoxy) is 1. The van der Waals surface area contributed by atoms with Crippen molar-refractivity contribution in [2.75, 3.05) is 65.6 Å². The van der Waals surface area contributed by atoms with Crippen molar-refractivity contribution >= 4 is 23.4 Å². The average Bonchev–Trinajstić information content (AvgIpc) is 2.84. The Morgan fingerprint density at radius 2 is 1.72 bits per heavy atom. The zero-order chi connectivity index (χ0) is 22.4. The molecule has 1 aromatic rings. The average molecular weight is 463 g/mol. The van der Waals surface area contributed by atoms with Gasteiger partial charge in [0, 0.05) is 61.9 Å². The Kier molecular flexibility index (Phi) is 8.05. The molecule has 1 aromatic carbocycles. The number of morpholine rings is 1. The second-order valence-corrected chi connectivity index (χ2v) is 9.68. The van der Waals surface area contributed by atoms with E-state index in [9.17, 15) is 9.59 Å². The van der Waals surface area contributed by atoms with Gasteiger partial charge in [-0.1, -0.05) is 36.9 Å². The molecule has 32 heavy (non-hydrogen) atoms. The summed E-state index contributed by atoms with van der Waals surface area (Å²) >= 11 is 6.02. The lowest BCUT2D eigenvalue weighted by atomic mass is 9.79. The lowest BCUT2D eigenvalue weighted by Crippen LogP contribution is -2.60. The normalized spacial score (nSPS) is 22.5. The summed E-state index contributed by atoms with van der Waals surface area (Å²) in [7, 11) is 0. The molecule has 0 spiro atoms. The molecule has 4 rings (SSSR count). The van der Waals surface area contributed by atoms with Crippen molar-refractivity contribution in [1.29, 1.82) is 0 Å². The van der Waals surface area contributed by atoms with Crippen molar-refractivity contribution < 1.29 is 14.3 Å². The van der Waals surface area contributed by atoms with Crippen LogP contribution in [0.3, 0.4) is 0 Å². The summed E-state index contributed by atoms with van der Waals surface area (Å²) in [5.74, 6) is 0.0826. The molecule has 7 nitrogen and oxygen atoms in total. The van der Waals surface area contributed by atoms with Gasteiger partial charge < -0.3 is 15.0 Å². The first-order valence-electron chi connectivity index (χ1n) is 11.9. The van der Waals surface area contributed by atoms with Gasteiger partial charge in [-0.05, 0) is 31.0 Å². The molecule has 0 unspecified atom stereocenters. The number of carbonyl (C=O) groups is 2. The van der Waals surface area contributed by atoms with Gasteiger partial charge in [-0.15, -0.1) is 0 Å². The largest absolute Gasteiger partial charge is 0.379 e. The van der Waals surface area contributed by atoms with Gasteiger partial charge in [-0.25, -0.2) is 0 Å². The highest BCUT2D eigenvalue weighted by atomic mass is 35.5. The third-order valence-corrected chi connectivity index (χ3v) is 7.41. The fourth-order valence-electron chi connectivity index (χ4n) is 5.29. The van der Waals surface area contributed by atoms with Gasteiger partial charge in [0.05, 0.1) is 19.8 Å². The van der Waals surface area contributed by atoms with Crippen molar-refractivity contribution in [2.24, 2.45) is 0 Å². The van der Waals surface area contributed by atoms with E-state index in [0.29, 0.717) is 43.3 Å². The Hall–Kier alpha value is -1.67. The van der Waals surface area contributed by atoms with Crippen LogP contribution in [0.5, 0.6) is 0 Å². The number of nitrogens with zero attached hydrogens (tertiary/aromatic N) is 3. The van der Waals surface area contributed by atoms with Gasteiger partial charge in [0.15, 0.2) is 0 Å². The first-order chi connectivity index (χ1) is 15.6. The van der Waals surface area contributed by atoms with Crippen LogP contribution in [-0.4, -0.2) is 97.6 Å². The van der Waals surface area contributed by atoms with Crippen LogP contribution >= 0.6 is 11.6 Å². The molecule has 3 fully saturated rings. The van der Waals surface area contributed by atoms with Gasteiger partial charge in [0.25, 0.3) is 5.91 Å². The topological polar surface area (TPSA) is 65.1 Å². The number of carbonyl (C=O) groups excluding carboxylic acids is 2. The smallest absolute Gasteiger partial charge is 0.253 e. The lowest BCUT2D eigenvalue weighted by Gasteiger charge is -2.48. The Balaban J connectivity index is 1.24. The van der Waals surface area contributed by atoms with Crippen LogP contribution in [-0.2, 0) is 9.53 Å². The van der Waals surface area contributed by atoms with E-state index in [0.717, 1.165) is 45.7 Å². The fraction of sp³-hybridized carbons (Fsp3) is 0.667. The molecule has 8 heteroatoms. The van der Waals surface area contributed by atoms with E-state index in [1.54, 1.807) is 24.3 Å². The molecule has 2 heterocycles. The van der Waals surface area contributed by atoms with E-state index in [2.05, 4.69) is 15.1 Å². The van der Waals surface area contributed by atoms with Crippen molar-refractivity contribution in [3.8, 4) is 0 Å².